The molecule has 162 valence electrons. The van der Waals surface area contributed by atoms with Crippen LogP contribution in [0.3, 0.4) is 0 Å². The average molecular weight is 455 g/mol. The van der Waals surface area contributed by atoms with Gasteiger partial charge >= 0.3 is 0 Å². The summed E-state index contributed by atoms with van der Waals surface area (Å²) in [5.74, 6) is 1.18. The molecular formula is C24H27ClN4OS. The highest BCUT2D eigenvalue weighted by Crippen LogP contribution is 2.32. The molecule has 3 aromatic rings. The zero-order chi connectivity index (χ0) is 21.6. The lowest BCUT2D eigenvalue weighted by atomic mass is 9.95. The van der Waals surface area contributed by atoms with Crippen molar-refractivity contribution in [1.29, 1.82) is 0 Å². The van der Waals surface area contributed by atoms with Crippen molar-refractivity contribution in [3.8, 4) is 0 Å². The Balaban J connectivity index is 1.46. The van der Waals surface area contributed by atoms with E-state index in [-0.39, 0.29) is 11.9 Å². The predicted molar refractivity (Wildman–Crippen MR) is 125 cm³/mol. The van der Waals surface area contributed by atoms with E-state index in [2.05, 4.69) is 20.1 Å². The summed E-state index contributed by atoms with van der Waals surface area (Å²) in [6.07, 6.45) is 6.10. The summed E-state index contributed by atoms with van der Waals surface area (Å²) in [5.41, 5.74) is 2.03. The van der Waals surface area contributed by atoms with Gasteiger partial charge in [0.15, 0.2) is 5.16 Å². The van der Waals surface area contributed by atoms with Crippen LogP contribution in [0.4, 0.5) is 0 Å². The van der Waals surface area contributed by atoms with Gasteiger partial charge in [0, 0.05) is 11.1 Å². The fourth-order valence-corrected chi connectivity index (χ4v) is 5.19. The second kappa shape index (κ2) is 10.3. The Labute approximate surface area is 192 Å². The van der Waals surface area contributed by atoms with Crippen LogP contribution in [-0.2, 0) is 4.79 Å². The summed E-state index contributed by atoms with van der Waals surface area (Å²) in [5, 5.41) is 13.3. The summed E-state index contributed by atoms with van der Waals surface area (Å²) in [6.45, 7) is 2.00. The minimum absolute atomic E-state index is 0.0374. The van der Waals surface area contributed by atoms with E-state index in [9.17, 15) is 4.79 Å². The SMILES string of the molecule is Cc1nnc(SCC(=O)NC(c2ccccc2)c2ccc(Cl)cc2)n1C1CCCCC1. The Kier molecular flexibility index (Phi) is 7.30. The number of nitrogens with one attached hydrogen (secondary N) is 1. The van der Waals surface area contributed by atoms with Gasteiger partial charge in [0.1, 0.15) is 5.82 Å². The van der Waals surface area contributed by atoms with Crippen molar-refractivity contribution < 1.29 is 4.79 Å². The van der Waals surface area contributed by atoms with Crippen LogP contribution in [0.15, 0.2) is 59.8 Å². The Morgan fingerprint density at radius 2 is 1.74 bits per heavy atom. The first-order chi connectivity index (χ1) is 15.1. The summed E-state index contributed by atoms with van der Waals surface area (Å²) < 4.78 is 2.23. The molecule has 1 amide bonds. The zero-order valence-electron chi connectivity index (χ0n) is 17.6. The number of halogens is 1. The van der Waals surface area contributed by atoms with Crippen LogP contribution in [0.2, 0.25) is 5.02 Å². The van der Waals surface area contributed by atoms with Gasteiger partial charge in [-0.05, 0) is 43.0 Å². The number of rotatable bonds is 7. The quantitative estimate of drug-likeness (QED) is 0.462. The normalized spacial score (nSPS) is 15.5. The van der Waals surface area contributed by atoms with Crippen LogP contribution in [0.5, 0.6) is 0 Å². The summed E-state index contributed by atoms with van der Waals surface area (Å²) in [6, 6.07) is 17.8. The molecule has 1 aliphatic carbocycles. The van der Waals surface area contributed by atoms with Gasteiger partial charge in [-0.2, -0.15) is 0 Å². The van der Waals surface area contributed by atoms with Crippen LogP contribution in [-0.4, -0.2) is 26.4 Å². The molecule has 1 unspecified atom stereocenters. The average Bonchev–Trinajstić information content (AvgIpc) is 3.18. The monoisotopic (exact) mass is 454 g/mol. The van der Waals surface area contributed by atoms with Crippen molar-refractivity contribution in [2.24, 2.45) is 0 Å². The molecule has 0 spiro atoms. The highest BCUT2D eigenvalue weighted by atomic mass is 35.5. The van der Waals surface area contributed by atoms with E-state index in [1.165, 1.54) is 31.0 Å². The third kappa shape index (κ3) is 5.49. The van der Waals surface area contributed by atoms with Crippen LogP contribution in [0.1, 0.15) is 61.1 Å². The molecule has 1 fully saturated rings. The van der Waals surface area contributed by atoms with Crippen molar-refractivity contribution in [3.63, 3.8) is 0 Å². The summed E-state index contributed by atoms with van der Waals surface area (Å²) in [4.78, 5) is 12.9. The van der Waals surface area contributed by atoms with Crippen LogP contribution < -0.4 is 5.32 Å². The number of carbonyl (C=O) groups excluding carboxylic acids is 1. The molecule has 0 radical (unpaired) electrons. The topological polar surface area (TPSA) is 59.8 Å². The molecule has 1 atom stereocenters. The number of hydrogen-bond acceptors (Lipinski definition) is 4. The Hall–Kier alpha value is -2.31. The zero-order valence-corrected chi connectivity index (χ0v) is 19.2. The number of aryl methyl sites for hydroxylation is 1. The van der Waals surface area contributed by atoms with E-state index in [0.29, 0.717) is 16.8 Å². The van der Waals surface area contributed by atoms with Crippen molar-refractivity contribution in [2.75, 3.05) is 5.75 Å². The minimum Gasteiger partial charge on any atom is -0.344 e. The lowest BCUT2D eigenvalue weighted by Crippen LogP contribution is -2.30. The molecule has 0 aliphatic heterocycles. The fraction of sp³-hybridized carbons (Fsp3) is 0.375. The molecule has 1 N–H and O–H groups in total. The van der Waals surface area contributed by atoms with E-state index in [1.807, 2.05) is 61.5 Å². The third-order valence-electron chi connectivity index (χ3n) is 5.75. The van der Waals surface area contributed by atoms with Crippen LogP contribution in [0.25, 0.3) is 0 Å². The van der Waals surface area contributed by atoms with E-state index in [1.54, 1.807) is 0 Å². The van der Waals surface area contributed by atoms with Crippen LogP contribution in [0, 0.1) is 6.92 Å². The first-order valence-electron chi connectivity index (χ1n) is 10.8. The standard InChI is InChI=1S/C24H27ClN4OS/c1-17-27-28-24(29(17)21-10-6-3-7-11-21)31-16-22(30)26-23(18-8-4-2-5-9-18)19-12-14-20(25)15-13-19/h2,4-5,8-9,12-15,21,23H,3,6-7,10-11,16H2,1H3,(H,26,30). The first-order valence-corrected chi connectivity index (χ1v) is 12.1. The van der Waals surface area contributed by atoms with E-state index < -0.39 is 0 Å². The van der Waals surface area contributed by atoms with Gasteiger partial charge in [-0.1, -0.05) is 85.1 Å². The number of benzene rings is 2. The Morgan fingerprint density at radius 1 is 1.06 bits per heavy atom. The number of thioether (sulfide) groups is 1. The molecular weight excluding hydrogens is 428 g/mol. The summed E-state index contributed by atoms with van der Waals surface area (Å²) >= 11 is 7.52. The Morgan fingerprint density at radius 3 is 2.45 bits per heavy atom. The van der Waals surface area contributed by atoms with E-state index in [0.717, 1.165) is 34.9 Å². The van der Waals surface area contributed by atoms with Crippen LogP contribution >= 0.6 is 23.4 Å². The second-order valence-electron chi connectivity index (χ2n) is 7.94. The maximum absolute atomic E-state index is 12.9. The van der Waals surface area contributed by atoms with Gasteiger partial charge in [-0.25, -0.2) is 0 Å². The Bertz CT molecular complexity index is 1000. The molecule has 4 rings (SSSR count). The lowest BCUT2D eigenvalue weighted by molar-refractivity contribution is -0.119. The van der Waals surface area contributed by atoms with E-state index in [4.69, 9.17) is 11.6 Å². The molecule has 0 saturated heterocycles. The van der Waals surface area contributed by atoms with Gasteiger partial charge < -0.3 is 9.88 Å². The lowest BCUT2D eigenvalue weighted by Gasteiger charge is -2.25. The predicted octanol–water partition coefficient (Wildman–Crippen LogP) is 5.74. The van der Waals surface area contributed by atoms with Crippen molar-refractivity contribution in [3.05, 3.63) is 76.6 Å². The third-order valence-corrected chi connectivity index (χ3v) is 6.94. The highest BCUT2D eigenvalue weighted by molar-refractivity contribution is 7.99. The van der Waals surface area contributed by atoms with Crippen molar-refractivity contribution >= 4 is 29.3 Å². The van der Waals surface area contributed by atoms with Gasteiger partial charge in [0.05, 0.1) is 11.8 Å². The molecule has 1 aliphatic rings. The molecule has 1 heterocycles. The fourth-order valence-electron chi connectivity index (χ4n) is 4.20. The van der Waals surface area contributed by atoms with Gasteiger partial charge in [0.25, 0.3) is 0 Å². The highest BCUT2D eigenvalue weighted by Gasteiger charge is 2.23. The van der Waals surface area contributed by atoms with Gasteiger partial charge in [0.2, 0.25) is 5.91 Å². The van der Waals surface area contributed by atoms with Gasteiger partial charge in [-0.3, -0.25) is 4.79 Å². The first kappa shape index (κ1) is 21.9. The number of aromatic nitrogens is 3. The number of hydrogen-bond donors (Lipinski definition) is 1. The van der Waals surface area contributed by atoms with Gasteiger partial charge in [-0.15, -0.1) is 10.2 Å². The maximum atomic E-state index is 12.9. The molecule has 31 heavy (non-hydrogen) atoms. The van der Waals surface area contributed by atoms with Crippen molar-refractivity contribution in [1.82, 2.24) is 20.1 Å². The minimum atomic E-state index is -0.232. The van der Waals surface area contributed by atoms with E-state index >= 15 is 0 Å². The molecule has 5 nitrogen and oxygen atoms in total. The molecule has 0 bridgehead atoms. The number of carbonyl (C=O) groups is 1. The molecule has 1 aromatic heterocycles. The molecule has 2 aromatic carbocycles. The maximum Gasteiger partial charge on any atom is 0.231 e. The number of nitrogens with zero attached hydrogens (tertiary/aromatic N) is 3. The van der Waals surface area contributed by atoms with Crippen molar-refractivity contribution in [2.45, 2.75) is 56.3 Å². The number of amides is 1. The smallest absolute Gasteiger partial charge is 0.231 e. The molecule has 7 heteroatoms. The summed E-state index contributed by atoms with van der Waals surface area (Å²) in [7, 11) is 0. The second-order valence-corrected chi connectivity index (χ2v) is 9.32. The molecule has 1 saturated carbocycles. The largest absolute Gasteiger partial charge is 0.344 e.